The lowest BCUT2D eigenvalue weighted by Crippen LogP contribution is -2.06. The van der Waals surface area contributed by atoms with Gasteiger partial charge >= 0.3 is 0 Å². The molecule has 2 heterocycles. The molecule has 0 saturated carbocycles. The predicted octanol–water partition coefficient (Wildman–Crippen LogP) is 0.999. The summed E-state index contributed by atoms with van der Waals surface area (Å²) >= 11 is 0. The number of hydrogen-bond donors (Lipinski definition) is 2. The van der Waals surface area contributed by atoms with Gasteiger partial charge in [0.2, 0.25) is 11.7 Å². The van der Waals surface area contributed by atoms with E-state index >= 15 is 0 Å². The van der Waals surface area contributed by atoms with Crippen molar-refractivity contribution in [3.63, 3.8) is 0 Å². The van der Waals surface area contributed by atoms with Crippen LogP contribution in [-0.4, -0.2) is 45.8 Å². The number of hydrogen-bond acceptors (Lipinski definition) is 9. The van der Waals surface area contributed by atoms with Crippen LogP contribution in [-0.2, 0) is 19.9 Å². The third kappa shape index (κ3) is 4.40. The number of aryl methyl sites for hydroxylation is 1. The number of nitrogens with two attached hydrogens (primary N) is 2. The summed E-state index contributed by atoms with van der Waals surface area (Å²) in [5.74, 6) is 2.13. The molecule has 4 N–H and O–H groups in total. The van der Waals surface area contributed by atoms with Crippen molar-refractivity contribution >= 4 is 11.8 Å². The van der Waals surface area contributed by atoms with Crippen molar-refractivity contribution in [3.8, 4) is 17.2 Å². The Morgan fingerprint density at radius 1 is 1.11 bits per heavy atom. The maximum absolute atomic E-state index is 5.93. The van der Waals surface area contributed by atoms with Gasteiger partial charge in [0.1, 0.15) is 5.82 Å². The fourth-order valence-corrected chi connectivity index (χ4v) is 2.74. The fourth-order valence-electron chi connectivity index (χ4n) is 2.74. The van der Waals surface area contributed by atoms with E-state index in [4.69, 9.17) is 25.7 Å². The van der Waals surface area contributed by atoms with E-state index in [-0.39, 0.29) is 5.95 Å². The SMILES string of the molecule is COc1cc(Cc2cnc(N)nc2N)cc(OC)c1OCCc1cn(C)nn1. The van der Waals surface area contributed by atoms with Crippen LogP contribution in [0.1, 0.15) is 16.8 Å². The van der Waals surface area contributed by atoms with Gasteiger partial charge in [0.15, 0.2) is 11.5 Å². The van der Waals surface area contributed by atoms with Crippen molar-refractivity contribution in [1.82, 2.24) is 25.0 Å². The Bertz CT molecular complexity index is 933. The molecule has 0 saturated heterocycles. The van der Waals surface area contributed by atoms with Crippen LogP contribution in [0.4, 0.5) is 11.8 Å². The molecule has 0 aliphatic rings. The molecule has 0 fully saturated rings. The molecule has 0 aliphatic heterocycles. The number of nitrogen functional groups attached to an aromatic ring is 2. The molecule has 0 radical (unpaired) electrons. The molecule has 148 valence electrons. The normalized spacial score (nSPS) is 10.7. The van der Waals surface area contributed by atoms with Crippen molar-refractivity contribution in [2.45, 2.75) is 12.8 Å². The van der Waals surface area contributed by atoms with Crippen molar-refractivity contribution < 1.29 is 14.2 Å². The number of nitrogens with zero attached hydrogens (tertiary/aromatic N) is 5. The molecule has 0 aliphatic carbocycles. The van der Waals surface area contributed by atoms with Gasteiger partial charge < -0.3 is 25.7 Å². The van der Waals surface area contributed by atoms with Crippen molar-refractivity contribution in [3.05, 3.63) is 41.3 Å². The highest BCUT2D eigenvalue weighted by molar-refractivity contribution is 5.55. The number of methoxy groups -OCH3 is 2. The average molecular weight is 385 g/mol. The van der Waals surface area contributed by atoms with Crippen LogP contribution >= 0.6 is 0 Å². The van der Waals surface area contributed by atoms with Crippen LogP contribution in [0.25, 0.3) is 0 Å². The predicted molar refractivity (Wildman–Crippen MR) is 103 cm³/mol. The van der Waals surface area contributed by atoms with E-state index in [2.05, 4.69) is 20.3 Å². The molecule has 0 bridgehead atoms. The summed E-state index contributed by atoms with van der Waals surface area (Å²) in [6.45, 7) is 0.406. The van der Waals surface area contributed by atoms with Crippen LogP contribution < -0.4 is 25.7 Å². The lowest BCUT2D eigenvalue weighted by atomic mass is 10.1. The molecule has 1 aromatic carbocycles. The molecule has 0 spiro atoms. The molecule has 10 heteroatoms. The second kappa shape index (κ2) is 8.42. The lowest BCUT2D eigenvalue weighted by molar-refractivity contribution is 0.276. The van der Waals surface area contributed by atoms with Gasteiger partial charge in [0.05, 0.1) is 26.5 Å². The van der Waals surface area contributed by atoms with Crippen molar-refractivity contribution in [1.29, 1.82) is 0 Å². The van der Waals surface area contributed by atoms with E-state index in [1.807, 2.05) is 25.4 Å². The van der Waals surface area contributed by atoms with Crippen LogP contribution in [0.2, 0.25) is 0 Å². The summed E-state index contributed by atoms with van der Waals surface area (Å²) in [4.78, 5) is 7.98. The Morgan fingerprint density at radius 2 is 1.82 bits per heavy atom. The topological polar surface area (TPSA) is 136 Å². The summed E-state index contributed by atoms with van der Waals surface area (Å²) in [5, 5.41) is 7.95. The Morgan fingerprint density at radius 3 is 2.39 bits per heavy atom. The van der Waals surface area contributed by atoms with Gasteiger partial charge in [0.25, 0.3) is 0 Å². The largest absolute Gasteiger partial charge is 0.493 e. The van der Waals surface area contributed by atoms with E-state index in [0.717, 1.165) is 16.8 Å². The van der Waals surface area contributed by atoms with E-state index in [1.54, 1.807) is 25.1 Å². The highest BCUT2D eigenvalue weighted by Gasteiger charge is 2.16. The summed E-state index contributed by atoms with van der Waals surface area (Å²) in [5.41, 5.74) is 14.0. The van der Waals surface area contributed by atoms with Gasteiger partial charge in [-0.1, -0.05) is 5.21 Å². The zero-order valence-corrected chi connectivity index (χ0v) is 16.0. The second-order valence-electron chi connectivity index (χ2n) is 6.13. The number of ether oxygens (including phenoxy) is 3. The lowest BCUT2D eigenvalue weighted by Gasteiger charge is -2.16. The van der Waals surface area contributed by atoms with Crippen LogP contribution in [0.15, 0.2) is 24.5 Å². The van der Waals surface area contributed by atoms with Crippen molar-refractivity contribution in [2.75, 3.05) is 32.3 Å². The molecule has 2 aromatic heterocycles. The molecular formula is C18H23N7O3. The summed E-state index contributed by atoms with van der Waals surface area (Å²) < 4.78 is 18.6. The van der Waals surface area contributed by atoms with Gasteiger partial charge in [0, 0.05) is 37.8 Å². The highest BCUT2D eigenvalue weighted by atomic mass is 16.5. The average Bonchev–Trinajstić information content (AvgIpc) is 3.09. The zero-order chi connectivity index (χ0) is 20.1. The molecule has 0 atom stereocenters. The van der Waals surface area contributed by atoms with Crippen molar-refractivity contribution in [2.24, 2.45) is 7.05 Å². The molecule has 3 rings (SSSR count). The van der Waals surface area contributed by atoms with E-state index in [9.17, 15) is 0 Å². The van der Waals surface area contributed by atoms with Crippen LogP contribution in [0.3, 0.4) is 0 Å². The first-order chi connectivity index (χ1) is 13.5. The molecule has 3 aromatic rings. The maximum atomic E-state index is 5.93. The minimum atomic E-state index is 0.142. The second-order valence-corrected chi connectivity index (χ2v) is 6.13. The third-order valence-corrected chi connectivity index (χ3v) is 4.09. The minimum absolute atomic E-state index is 0.142. The summed E-state index contributed by atoms with van der Waals surface area (Å²) in [6, 6.07) is 3.74. The molecule has 28 heavy (non-hydrogen) atoms. The first-order valence-electron chi connectivity index (χ1n) is 8.60. The molecule has 0 amide bonds. The summed E-state index contributed by atoms with van der Waals surface area (Å²) in [6.07, 6.45) is 4.57. The van der Waals surface area contributed by atoms with Gasteiger partial charge in [-0.05, 0) is 17.7 Å². The number of aromatic nitrogens is 5. The fraction of sp³-hybridized carbons (Fsp3) is 0.333. The monoisotopic (exact) mass is 385 g/mol. The number of anilines is 2. The molecule has 10 nitrogen and oxygen atoms in total. The standard InChI is InChI=1S/C18H23N7O3/c1-25-10-13(23-24-25)4-5-28-16-14(26-2)7-11(8-15(16)27-3)6-12-9-21-18(20)22-17(12)19/h7-10H,4-6H2,1-3H3,(H4,19,20,21,22). The van der Waals surface area contributed by atoms with Gasteiger partial charge in [-0.2, -0.15) is 4.98 Å². The Balaban J connectivity index is 1.79. The van der Waals surface area contributed by atoms with E-state index < -0.39 is 0 Å². The van der Waals surface area contributed by atoms with Crippen LogP contribution in [0.5, 0.6) is 17.2 Å². The van der Waals surface area contributed by atoms with Gasteiger partial charge in [-0.3, -0.25) is 4.68 Å². The Kier molecular flexibility index (Phi) is 5.78. The van der Waals surface area contributed by atoms with Gasteiger partial charge in [-0.15, -0.1) is 5.10 Å². The summed E-state index contributed by atoms with van der Waals surface area (Å²) in [7, 11) is 4.98. The number of rotatable bonds is 8. The number of benzene rings is 1. The van der Waals surface area contributed by atoms with E-state index in [0.29, 0.717) is 42.5 Å². The Hall–Kier alpha value is -3.56. The smallest absolute Gasteiger partial charge is 0.221 e. The minimum Gasteiger partial charge on any atom is -0.493 e. The maximum Gasteiger partial charge on any atom is 0.221 e. The van der Waals surface area contributed by atoms with E-state index in [1.165, 1.54) is 0 Å². The first-order valence-corrected chi connectivity index (χ1v) is 8.60. The first kappa shape index (κ1) is 19.2. The van der Waals surface area contributed by atoms with Crippen LogP contribution in [0, 0.1) is 0 Å². The molecular weight excluding hydrogens is 362 g/mol. The van der Waals surface area contributed by atoms with Gasteiger partial charge in [-0.25, -0.2) is 4.98 Å². The Labute approximate surface area is 162 Å². The highest BCUT2D eigenvalue weighted by Crippen LogP contribution is 2.39. The zero-order valence-electron chi connectivity index (χ0n) is 16.0. The quantitative estimate of drug-likeness (QED) is 0.582. The third-order valence-electron chi connectivity index (χ3n) is 4.09. The molecule has 0 unspecified atom stereocenters.